The molecule has 1 aliphatic rings. The third-order valence-corrected chi connectivity index (χ3v) is 5.02. The van der Waals surface area contributed by atoms with Crippen molar-refractivity contribution in [2.24, 2.45) is 11.1 Å². The Morgan fingerprint density at radius 3 is 2.50 bits per heavy atom. The molecule has 3 rings (SSSR count). The summed E-state index contributed by atoms with van der Waals surface area (Å²) in [5, 5.41) is 9.91. The Morgan fingerprint density at radius 2 is 1.80 bits per heavy atom. The van der Waals surface area contributed by atoms with Crippen LogP contribution in [0.1, 0.15) is 37.0 Å². The van der Waals surface area contributed by atoms with Crippen molar-refractivity contribution in [1.29, 1.82) is 0 Å². The monoisotopic (exact) mass is 407 g/mol. The van der Waals surface area contributed by atoms with E-state index in [1.54, 1.807) is 0 Å². The summed E-state index contributed by atoms with van der Waals surface area (Å²) in [6.07, 6.45) is 0.0488. The minimum absolute atomic E-state index is 0.195. The highest BCUT2D eigenvalue weighted by Crippen LogP contribution is 2.19. The molecule has 0 unspecified atom stereocenters. The molecule has 6 nitrogen and oxygen atoms in total. The molecule has 0 spiro atoms. The molecular formula is C24H29N3O3. The van der Waals surface area contributed by atoms with E-state index in [0.717, 1.165) is 22.4 Å². The van der Waals surface area contributed by atoms with Gasteiger partial charge < -0.3 is 15.5 Å². The van der Waals surface area contributed by atoms with E-state index in [0.29, 0.717) is 25.3 Å². The number of carbonyl (C=O) groups is 2. The Balaban J connectivity index is 1.65. The first-order chi connectivity index (χ1) is 14.4. The van der Waals surface area contributed by atoms with Gasteiger partial charge in [0.05, 0.1) is 5.71 Å². The highest BCUT2D eigenvalue weighted by atomic mass is 16.6. The van der Waals surface area contributed by atoms with Gasteiger partial charge >= 0.3 is 0 Å². The topological polar surface area (TPSA) is 79.8 Å². The predicted molar refractivity (Wildman–Crippen MR) is 117 cm³/mol. The minimum Gasteiger partial charge on any atom is -0.382 e. The lowest BCUT2D eigenvalue weighted by Gasteiger charge is -2.20. The molecule has 30 heavy (non-hydrogen) atoms. The van der Waals surface area contributed by atoms with Crippen molar-refractivity contribution in [3.63, 3.8) is 0 Å². The van der Waals surface area contributed by atoms with Crippen LogP contribution in [0.2, 0.25) is 0 Å². The van der Waals surface area contributed by atoms with Crippen LogP contribution in [0.15, 0.2) is 59.8 Å². The molecule has 6 heteroatoms. The second kappa shape index (κ2) is 10.1. The van der Waals surface area contributed by atoms with E-state index in [-0.39, 0.29) is 11.8 Å². The van der Waals surface area contributed by atoms with Crippen molar-refractivity contribution in [3.05, 3.63) is 71.3 Å². The Morgan fingerprint density at radius 1 is 1.10 bits per heavy atom. The molecule has 1 heterocycles. The number of amides is 2. The highest BCUT2D eigenvalue weighted by molar-refractivity contribution is 6.05. The fourth-order valence-corrected chi connectivity index (χ4v) is 3.33. The van der Waals surface area contributed by atoms with Crippen LogP contribution in [0.3, 0.4) is 0 Å². The van der Waals surface area contributed by atoms with Crippen LogP contribution in [0, 0.1) is 12.8 Å². The number of aryl methyl sites for hydroxylation is 1. The third kappa shape index (κ3) is 5.69. The van der Waals surface area contributed by atoms with Gasteiger partial charge in [-0.2, -0.15) is 0 Å². The maximum absolute atomic E-state index is 12.9. The molecule has 2 N–H and O–H groups in total. The van der Waals surface area contributed by atoms with Crippen LogP contribution < -0.4 is 10.6 Å². The largest absolute Gasteiger partial charge is 0.382 e. The summed E-state index contributed by atoms with van der Waals surface area (Å²) in [6.45, 7) is 6.62. The SMILES string of the molecule is Cc1ccccc1C1=NO[C@H](C(=O)N[C@H](Cc2ccccc2)C(=O)NCC(C)C)C1. The molecule has 0 radical (unpaired) electrons. The van der Waals surface area contributed by atoms with E-state index in [4.69, 9.17) is 4.84 Å². The standard InChI is InChI=1S/C24H29N3O3/c1-16(2)15-25-23(28)21(13-18-10-5-4-6-11-18)26-24(29)22-14-20(27-30-22)19-12-8-7-9-17(19)3/h4-12,16,21-22H,13-15H2,1-3H3,(H,25,28)(H,26,29)/t21-,22+/m1/s1. The number of benzene rings is 2. The van der Waals surface area contributed by atoms with Gasteiger partial charge in [0.15, 0.2) is 0 Å². The Labute approximate surface area is 177 Å². The van der Waals surface area contributed by atoms with Crippen molar-refractivity contribution in [3.8, 4) is 0 Å². The molecule has 0 saturated heterocycles. The third-order valence-electron chi connectivity index (χ3n) is 5.02. The van der Waals surface area contributed by atoms with Gasteiger partial charge in [0.1, 0.15) is 6.04 Å². The first-order valence-electron chi connectivity index (χ1n) is 10.3. The molecule has 0 aliphatic carbocycles. The first-order valence-corrected chi connectivity index (χ1v) is 10.3. The molecule has 1 aliphatic heterocycles. The summed E-state index contributed by atoms with van der Waals surface area (Å²) in [5.74, 6) is -0.202. The molecule has 2 aromatic carbocycles. The average molecular weight is 408 g/mol. The van der Waals surface area contributed by atoms with E-state index in [1.807, 2.05) is 75.4 Å². The zero-order valence-corrected chi connectivity index (χ0v) is 17.7. The van der Waals surface area contributed by atoms with Crippen LogP contribution in [-0.4, -0.2) is 36.2 Å². The normalized spacial score (nSPS) is 16.5. The summed E-state index contributed by atoms with van der Waals surface area (Å²) >= 11 is 0. The summed E-state index contributed by atoms with van der Waals surface area (Å²) in [5.41, 5.74) is 3.78. The smallest absolute Gasteiger partial charge is 0.265 e. The molecule has 0 bridgehead atoms. The van der Waals surface area contributed by atoms with Crippen LogP contribution in [0.25, 0.3) is 0 Å². The van der Waals surface area contributed by atoms with Crippen molar-refractivity contribution in [2.45, 2.75) is 45.8 Å². The number of rotatable bonds is 8. The van der Waals surface area contributed by atoms with Gasteiger partial charge in [-0.3, -0.25) is 9.59 Å². The summed E-state index contributed by atoms with van der Waals surface area (Å²) < 4.78 is 0. The number of nitrogens with zero attached hydrogens (tertiary/aromatic N) is 1. The molecular weight excluding hydrogens is 378 g/mol. The van der Waals surface area contributed by atoms with Gasteiger partial charge in [-0.05, 0) is 24.0 Å². The molecule has 2 amide bonds. The van der Waals surface area contributed by atoms with Crippen molar-refractivity contribution in [1.82, 2.24) is 10.6 Å². The lowest BCUT2D eigenvalue weighted by atomic mass is 9.99. The maximum atomic E-state index is 12.9. The molecule has 0 fully saturated rings. The Kier molecular flexibility index (Phi) is 7.22. The number of carbonyl (C=O) groups excluding carboxylic acids is 2. The lowest BCUT2D eigenvalue weighted by molar-refractivity contribution is -0.135. The van der Waals surface area contributed by atoms with E-state index >= 15 is 0 Å². The quantitative estimate of drug-likeness (QED) is 0.706. The minimum atomic E-state index is -0.740. The lowest BCUT2D eigenvalue weighted by Crippen LogP contribution is -2.51. The first kappa shape index (κ1) is 21.6. The molecule has 2 atom stereocenters. The van der Waals surface area contributed by atoms with E-state index in [9.17, 15) is 9.59 Å². The number of nitrogens with one attached hydrogen (secondary N) is 2. The Hall–Kier alpha value is -3.15. The van der Waals surface area contributed by atoms with E-state index < -0.39 is 12.1 Å². The van der Waals surface area contributed by atoms with Crippen LogP contribution in [0.4, 0.5) is 0 Å². The summed E-state index contributed by atoms with van der Waals surface area (Å²) in [6, 6.07) is 16.8. The molecule has 2 aromatic rings. The van der Waals surface area contributed by atoms with Crippen molar-refractivity contribution in [2.75, 3.05) is 6.54 Å². The van der Waals surface area contributed by atoms with Crippen LogP contribution >= 0.6 is 0 Å². The van der Waals surface area contributed by atoms with Crippen molar-refractivity contribution < 1.29 is 14.4 Å². The van der Waals surface area contributed by atoms with E-state index in [2.05, 4.69) is 15.8 Å². The van der Waals surface area contributed by atoms with Crippen molar-refractivity contribution >= 4 is 17.5 Å². The van der Waals surface area contributed by atoms with Gasteiger partial charge in [-0.15, -0.1) is 0 Å². The molecule has 0 aromatic heterocycles. The molecule has 158 valence electrons. The molecule has 0 saturated carbocycles. The van der Waals surface area contributed by atoms with Gasteiger partial charge in [0.25, 0.3) is 5.91 Å². The fraction of sp³-hybridized carbons (Fsp3) is 0.375. The number of hydrogen-bond donors (Lipinski definition) is 2. The highest BCUT2D eigenvalue weighted by Gasteiger charge is 2.32. The number of hydrogen-bond acceptors (Lipinski definition) is 4. The second-order valence-electron chi connectivity index (χ2n) is 8.04. The van der Waals surface area contributed by atoms with Crippen LogP contribution in [-0.2, 0) is 20.8 Å². The van der Waals surface area contributed by atoms with Gasteiger partial charge in [0, 0.05) is 24.9 Å². The Bertz CT molecular complexity index is 909. The predicted octanol–water partition coefficient (Wildman–Crippen LogP) is 2.99. The average Bonchev–Trinajstić information content (AvgIpc) is 3.22. The van der Waals surface area contributed by atoms with Gasteiger partial charge in [-0.25, -0.2) is 0 Å². The fourth-order valence-electron chi connectivity index (χ4n) is 3.33. The van der Waals surface area contributed by atoms with E-state index in [1.165, 1.54) is 0 Å². The number of oxime groups is 1. The maximum Gasteiger partial charge on any atom is 0.265 e. The van der Waals surface area contributed by atoms with Crippen LogP contribution in [0.5, 0.6) is 0 Å². The zero-order chi connectivity index (χ0) is 21.5. The second-order valence-corrected chi connectivity index (χ2v) is 8.04. The summed E-state index contributed by atoms with van der Waals surface area (Å²) in [4.78, 5) is 31.0. The van der Waals surface area contributed by atoms with Gasteiger partial charge in [-0.1, -0.05) is 73.6 Å². The van der Waals surface area contributed by atoms with Gasteiger partial charge in [0.2, 0.25) is 12.0 Å². The summed E-state index contributed by atoms with van der Waals surface area (Å²) in [7, 11) is 0. The zero-order valence-electron chi connectivity index (χ0n) is 17.7.